The Labute approximate surface area is 106 Å². The van der Waals surface area contributed by atoms with Crippen LogP contribution in [-0.4, -0.2) is 21.7 Å². The third-order valence-corrected chi connectivity index (χ3v) is 4.27. The van der Waals surface area contributed by atoms with Gasteiger partial charge >= 0.3 is 0 Å². The maximum Gasteiger partial charge on any atom is 0.0633 e. The lowest BCUT2D eigenvalue weighted by molar-refractivity contribution is 0.159. The fourth-order valence-electron chi connectivity index (χ4n) is 1.78. The zero-order valence-electron chi connectivity index (χ0n) is 11.8. The molecule has 0 heterocycles. The van der Waals surface area contributed by atoms with Crippen molar-refractivity contribution in [2.24, 2.45) is 5.92 Å². The van der Waals surface area contributed by atoms with E-state index in [0.29, 0.717) is 0 Å². The highest BCUT2D eigenvalue weighted by atomic mass is 32.2. The average Bonchev–Trinajstić information content (AvgIpc) is 2.20. The fraction of sp³-hybridized carbons (Fsp3) is 1.00. The molecule has 98 valence electrons. The Hall–Kier alpha value is 0.310. The summed E-state index contributed by atoms with van der Waals surface area (Å²) in [4.78, 5) is 0. The second-order valence-electron chi connectivity index (χ2n) is 5.73. The van der Waals surface area contributed by atoms with Crippen LogP contribution in [0.4, 0.5) is 0 Å². The van der Waals surface area contributed by atoms with Gasteiger partial charge in [0.1, 0.15) is 0 Å². The molecule has 0 aliphatic heterocycles. The molecule has 0 bridgehead atoms. The van der Waals surface area contributed by atoms with Gasteiger partial charge in [-0.2, -0.15) is 11.8 Å². The number of unbranched alkanes of at least 4 members (excludes halogenated alkanes) is 1. The first-order valence-corrected chi connectivity index (χ1v) is 7.69. The summed E-state index contributed by atoms with van der Waals surface area (Å²) in [5.41, 5.74) is 0. The minimum absolute atomic E-state index is 0.119. The summed E-state index contributed by atoms with van der Waals surface area (Å²) in [5, 5.41) is 9.99. The van der Waals surface area contributed by atoms with Crippen LogP contribution in [0.3, 0.4) is 0 Å². The molecule has 0 radical (unpaired) electrons. The van der Waals surface area contributed by atoms with Gasteiger partial charge in [0.05, 0.1) is 6.10 Å². The van der Waals surface area contributed by atoms with E-state index in [-0.39, 0.29) is 10.9 Å². The quantitative estimate of drug-likeness (QED) is 0.681. The van der Waals surface area contributed by atoms with Crippen LogP contribution in [0.25, 0.3) is 0 Å². The van der Waals surface area contributed by atoms with E-state index in [1.165, 1.54) is 25.7 Å². The van der Waals surface area contributed by atoms with Crippen molar-refractivity contribution in [2.45, 2.75) is 77.6 Å². The van der Waals surface area contributed by atoms with E-state index in [1.54, 1.807) is 0 Å². The SMILES string of the molecule is CCCCC(CC)CC(O)CSC(C)(C)C. The van der Waals surface area contributed by atoms with Crippen LogP contribution in [0.5, 0.6) is 0 Å². The van der Waals surface area contributed by atoms with Gasteiger partial charge in [-0.3, -0.25) is 0 Å². The van der Waals surface area contributed by atoms with Crippen molar-refractivity contribution in [3.8, 4) is 0 Å². The molecule has 2 heteroatoms. The van der Waals surface area contributed by atoms with Gasteiger partial charge in [0.2, 0.25) is 0 Å². The maximum absolute atomic E-state index is 9.99. The Morgan fingerprint density at radius 2 is 1.81 bits per heavy atom. The predicted octanol–water partition coefficient (Wildman–Crippen LogP) is 4.49. The first-order chi connectivity index (χ1) is 7.39. The van der Waals surface area contributed by atoms with Crippen molar-refractivity contribution < 1.29 is 5.11 Å². The number of thioether (sulfide) groups is 1. The van der Waals surface area contributed by atoms with Crippen molar-refractivity contribution in [1.82, 2.24) is 0 Å². The van der Waals surface area contributed by atoms with Gasteiger partial charge in [0, 0.05) is 10.5 Å². The normalized spacial score (nSPS) is 16.1. The Kier molecular flexibility index (Phi) is 8.57. The minimum atomic E-state index is -0.119. The molecule has 0 fully saturated rings. The van der Waals surface area contributed by atoms with E-state index in [2.05, 4.69) is 34.6 Å². The first-order valence-electron chi connectivity index (χ1n) is 6.71. The lowest BCUT2D eigenvalue weighted by Gasteiger charge is -2.22. The van der Waals surface area contributed by atoms with Crippen LogP contribution < -0.4 is 0 Å². The van der Waals surface area contributed by atoms with Gasteiger partial charge < -0.3 is 5.11 Å². The van der Waals surface area contributed by atoms with Crippen LogP contribution in [0.1, 0.15) is 66.7 Å². The van der Waals surface area contributed by atoms with Gasteiger partial charge in [0.15, 0.2) is 0 Å². The molecule has 0 spiro atoms. The Morgan fingerprint density at radius 3 is 2.25 bits per heavy atom. The van der Waals surface area contributed by atoms with Crippen molar-refractivity contribution in [3.05, 3.63) is 0 Å². The number of aliphatic hydroxyl groups is 1. The van der Waals surface area contributed by atoms with E-state index in [0.717, 1.165) is 18.1 Å². The predicted molar refractivity (Wildman–Crippen MR) is 76.1 cm³/mol. The zero-order valence-corrected chi connectivity index (χ0v) is 12.6. The summed E-state index contributed by atoms with van der Waals surface area (Å²) >= 11 is 1.87. The van der Waals surface area contributed by atoms with Crippen LogP contribution in [0.15, 0.2) is 0 Å². The third kappa shape index (κ3) is 9.53. The first kappa shape index (κ1) is 16.3. The van der Waals surface area contributed by atoms with Gasteiger partial charge in [-0.15, -0.1) is 0 Å². The smallest absolute Gasteiger partial charge is 0.0633 e. The Bertz CT molecular complexity index is 163. The molecule has 0 saturated heterocycles. The van der Waals surface area contributed by atoms with E-state index in [4.69, 9.17) is 0 Å². The van der Waals surface area contributed by atoms with Crippen LogP contribution in [0.2, 0.25) is 0 Å². The summed E-state index contributed by atoms with van der Waals surface area (Å²) in [6.45, 7) is 11.1. The highest BCUT2D eigenvalue weighted by Crippen LogP contribution is 2.26. The molecule has 0 aromatic carbocycles. The molecular formula is C14H30OS. The van der Waals surface area contributed by atoms with Gasteiger partial charge in [-0.1, -0.05) is 60.3 Å². The Morgan fingerprint density at radius 1 is 1.19 bits per heavy atom. The molecule has 0 rings (SSSR count). The summed E-state index contributed by atoms with van der Waals surface area (Å²) in [5.74, 6) is 1.60. The van der Waals surface area contributed by atoms with Gasteiger partial charge in [-0.25, -0.2) is 0 Å². The molecule has 0 aliphatic rings. The zero-order chi connectivity index (χ0) is 12.6. The molecule has 0 aromatic heterocycles. The fourth-order valence-corrected chi connectivity index (χ4v) is 2.61. The molecule has 0 aliphatic carbocycles. The lowest BCUT2D eigenvalue weighted by Crippen LogP contribution is -2.19. The summed E-state index contributed by atoms with van der Waals surface area (Å²) in [6.07, 6.45) is 5.92. The topological polar surface area (TPSA) is 20.2 Å². The van der Waals surface area contributed by atoms with E-state index in [9.17, 15) is 5.11 Å². The molecular weight excluding hydrogens is 216 g/mol. The monoisotopic (exact) mass is 246 g/mol. The molecule has 16 heavy (non-hydrogen) atoms. The maximum atomic E-state index is 9.99. The van der Waals surface area contributed by atoms with Crippen molar-refractivity contribution >= 4 is 11.8 Å². The highest BCUT2D eigenvalue weighted by Gasteiger charge is 2.17. The Balaban J connectivity index is 3.77. The molecule has 1 nitrogen and oxygen atoms in total. The average molecular weight is 246 g/mol. The third-order valence-electron chi connectivity index (χ3n) is 2.86. The van der Waals surface area contributed by atoms with Crippen LogP contribution in [-0.2, 0) is 0 Å². The van der Waals surface area contributed by atoms with Crippen LogP contribution >= 0.6 is 11.8 Å². The largest absolute Gasteiger partial charge is 0.392 e. The second-order valence-corrected chi connectivity index (χ2v) is 7.58. The van der Waals surface area contributed by atoms with Crippen molar-refractivity contribution in [3.63, 3.8) is 0 Å². The second kappa shape index (κ2) is 8.41. The number of rotatable bonds is 8. The molecule has 0 aromatic rings. The molecule has 2 unspecified atom stereocenters. The minimum Gasteiger partial charge on any atom is -0.392 e. The van der Waals surface area contributed by atoms with Crippen molar-refractivity contribution in [1.29, 1.82) is 0 Å². The van der Waals surface area contributed by atoms with Crippen molar-refractivity contribution in [2.75, 3.05) is 5.75 Å². The lowest BCUT2D eigenvalue weighted by atomic mass is 9.94. The van der Waals surface area contributed by atoms with E-state index >= 15 is 0 Å². The number of aliphatic hydroxyl groups excluding tert-OH is 1. The number of hydrogen-bond acceptors (Lipinski definition) is 2. The highest BCUT2D eigenvalue weighted by molar-refractivity contribution is 8.00. The molecule has 0 amide bonds. The van der Waals surface area contributed by atoms with E-state index in [1.807, 2.05) is 11.8 Å². The summed E-state index contributed by atoms with van der Waals surface area (Å²) < 4.78 is 0.270. The standard InChI is InChI=1S/C14H30OS/c1-6-8-9-12(7-2)10-13(15)11-16-14(3,4)5/h12-13,15H,6-11H2,1-5H3. The van der Waals surface area contributed by atoms with Gasteiger partial charge in [-0.05, 0) is 12.3 Å². The summed E-state index contributed by atoms with van der Waals surface area (Å²) in [6, 6.07) is 0. The number of hydrogen-bond donors (Lipinski definition) is 1. The van der Waals surface area contributed by atoms with Gasteiger partial charge in [0.25, 0.3) is 0 Å². The van der Waals surface area contributed by atoms with E-state index < -0.39 is 0 Å². The molecule has 1 N–H and O–H groups in total. The molecule has 2 atom stereocenters. The van der Waals surface area contributed by atoms with Crippen LogP contribution in [0, 0.1) is 5.92 Å². The molecule has 0 saturated carbocycles. The summed E-state index contributed by atoms with van der Waals surface area (Å²) in [7, 11) is 0.